The number of carbonyl (C=O) groups is 1. The molecule has 0 fully saturated rings. The summed E-state index contributed by atoms with van der Waals surface area (Å²) in [6, 6.07) is 14.4. The Morgan fingerprint density at radius 2 is 1.74 bits per heavy atom. The van der Waals surface area contributed by atoms with Crippen LogP contribution < -0.4 is 10.7 Å². The van der Waals surface area contributed by atoms with E-state index in [0.29, 0.717) is 39.6 Å². The van der Waals surface area contributed by atoms with E-state index in [1.165, 1.54) is 0 Å². The van der Waals surface area contributed by atoms with Crippen molar-refractivity contribution in [3.05, 3.63) is 82.1 Å². The lowest BCUT2D eigenvalue weighted by Crippen LogP contribution is -2.46. The van der Waals surface area contributed by atoms with Crippen molar-refractivity contribution >= 4 is 17.3 Å². The lowest BCUT2D eigenvalue weighted by Gasteiger charge is -2.06. The zero-order valence-corrected chi connectivity index (χ0v) is 18.2. The number of nitroso groups, excluding NO2 is 1. The maximum absolute atomic E-state index is 12.8. The molecular weight excluding hydrogens is 390 g/mol. The smallest absolute Gasteiger partial charge is 0.316 e. The number of ketones is 1. The lowest BCUT2D eigenvalue weighted by atomic mass is 9.99. The van der Waals surface area contributed by atoms with Gasteiger partial charge in [-0.05, 0) is 19.5 Å². The topological polar surface area (TPSA) is 101 Å². The minimum atomic E-state index is -0.0682. The summed E-state index contributed by atoms with van der Waals surface area (Å²) in [7, 11) is 1.86. The molecule has 2 aromatic carbocycles. The van der Waals surface area contributed by atoms with Gasteiger partial charge in [0.15, 0.2) is 5.78 Å². The van der Waals surface area contributed by atoms with Gasteiger partial charge in [0.2, 0.25) is 5.69 Å². The molecule has 0 spiro atoms. The first-order valence-electron chi connectivity index (χ1n) is 10.1. The Kier molecular flexibility index (Phi) is 6.77. The molecule has 1 aromatic heterocycles. The Bertz CT molecular complexity index is 1120. The molecule has 0 saturated heterocycles. The number of rotatable bonds is 7. The third-order valence-corrected chi connectivity index (χ3v) is 4.96. The first kappa shape index (κ1) is 22.1. The van der Waals surface area contributed by atoms with E-state index in [4.69, 9.17) is 5.41 Å². The molecule has 0 amide bonds. The summed E-state index contributed by atoms with van der Waals surface area (Å²) in [6.45, 7) is 6.21. The van der Waals surface area contributed by atoms with Crippen LogP contribution in [0.5, 0.6) is 0 Å². The van der Waals surface area contributed by atoms with Gasteiger partial charge in [0.25, 0.3) is 5.69 Å². The Hall–Kier alpha value is -3.58. The highest BCUT2D eigenvalue weighted by Crippen LogP contribution is 2.21. The van der Waals surface area contributed by atoms with Crippen molar-refractivity contribution in [1.29, 1.82) is 0 Å². The van der Waals surface area contributed by atoms with Gasteiger partial charge in [-0.25, -0.2) is 4.98 Å². The number of hydrogen-bond donors (Lipinski definition) is 2. The number of nitrogens with one attached hydrogen (secondary N) is 1. The molecule has 0 aliphatic carbocycles. The average Bonchev–Trinajstić information content (AvgIpc) is 2.79. The largest absolute Gasteiger partial charge is 0.515 e. The van der Waals surface area contributed by atoms with E-state index in [9.17, 15) is 9.70 Å². The number of Topliss-reactive ketones (excluding diaryl/α,β-unsaturated/α-hetero) is 1. The quantitative estimate of drug-likeness (QED) is 0.266. The van der Waals surface area contributed by atoms with Crippen molar-refractivity contribution in [3.63, 3.8) is 0 Å². The summed E-state index contributed by atoms with van der Waals surface area (Å²) in [6.07, 6.45) is 1.63. The molecule has 3 rings (SSSR count). The highest BCUT2D eigenvalue weighted by molar-refractivity contribution is 5.97. The van der Waals surface area contributed by atoms with Gasteiger partial charge in [0.1, 0.15) is 4.76 Å². The average molecular weight is 418 g/mol. The van der Waals surface area contributed by atoms with Gasteiger partial charge in [0, 0.05) is 40.6 Å². The van der Waals surface area contributed by atoms with Crippen LogP contribution in [0.25, 0.3) is 11.3 Å². The Balaban J connectivity index is 1.87. The molecule has 7 nitrogen and oxygen atoms in total. The van der Waals surface area contributed by atoms with Gasteiger partial charge in [-0.1, -0.05) is 50.2 Å². The molecule has 158 valence electrons. The fourth-order valence-electron chi connectivity index (χ4n) is 3.16. The summed E-state index contributed by atoms with van der Waals surface area (Å²) in [5.74, 6) is -0.0104. The number of nitrogens with zero attached hydrogens (tertiary/aromatic N) is 3. The summed E-state index contributed by atoms with van der Waals surface area (Å²) >= 11 is 0. The Morgan fingerprint density at radius 1 is 1.10 bits per heavy atom. The second kappa shape index (κ2) is 9.49. The van der Waals surface area contributed by atoms with Crippen molar-refractivity contribution in [2.24, 2.45) is 5.92 Å². The number of benzene rings is 2. The van der Waals surface area contributed by atoms with Crippen LogP contribution >= 0.6 is 0 Å². The normalized spacial score (nSPS) is 10.9. The fraction of sp³-hybridized carbons (Fsp3) is 0.250. The number of aryl methyl sites for hydroxylation is 1. The van der Waals surface area contributed by atoms with Crippen molar-refractivity contribution < 1.29 is 15.0 Å². The minimum absolute atomic E-state index is 0.0279. The predicted octanol–water partition coefficient (Wildman–Crippen LogP) is 2.63. The summed E-state index contributed by atoms with van der Waals surface area (Å²) < 4.78 is 0.661. The molecule has 1 heterocycles. The standard InChI is InChI=1S/C24H26N5O2/c1-15(2)23(30)19-9-7-18(8-10-19)21-14-27-16(3)22(28-21)24(25)29(31)20-11-5-17(6-12-20)13-26-4/h5-12,14-15,25-26H,13H2,1-4H3/q+1/p+1. The van der Waals surface area contributed by atoms with E-state index < -0.39 is 0 Å². The molecule has 3 N–H and O–H groups in total. The third kappa shape index (κ3) is 4.95. The zero-order chi connectivity index (χ0) is 22.5. The molecule has 0 bridgehead atoms. The molecule has 7 heteroatoms. The van der Waals surface area contributed by atoms with Gasteiger partial charge in [-0.15, -0.1) is 0 Å². The number of aromatic nitrogens is 2. The zero-order valence-electron chi connectivity index (χ0n) is 18.2. The fourth-order valence-corrected chi connectivity index (χ4v) is 3.16. The summed E-state index contributed by atoms with van der Waals surface area (Å²) in [4.78, 5) is 33.9. The van der Waals surface area contributed by atoms with Crippen molar-refractivity contribution in [3.8, 4) is 11.3 Å². The van der Waals surface area contributed by atoms with Crippen LogP contribution in [0.4, 0.5) is 5.69 Å². The van der Waals surface area contributed by atoms with E-state index in [1.54, 1.807) is 37.4 Å². The molecular formula is C24H27N5O2+2. The first-order chi connectivity index (χ1) is 14.8. The third-order valence-electron chi connectivity index (χ3n) is 4.96. The van der Waals surface area contributed by atoms with Gasteiger partial charge >= 0.3 is 5.84 Å². The number of nitrogens with two attached hydrogens (primary N) is 1. The SMILES string of the molecule is CNCc1ccc([N+](=O)C(=[NH2+])c2nc(-c3ccc(C(=O)C(C)C)cc3)cnc2C)cc1. The van der Waals surface area contributed by atoms with Crippen molar-refractivity contribution in [2.45, 2.75) is 27.3 Å². The summed E-state index contributed by atoms with van der Waals surface area (Å²) in [5, 5.41) is 9.25. The van der Waals surface area contributed by atoms with Crippen LogP contribution in [-0.4, -0.2) is 33.4 Å². The second-order valence-electron chi connectivity index (χ2n) is 7.66. The second-order valence-corrected chi connectivity index (χ2v) is 7.66. The maximum atomic E-state index is 12.8. The Morgan fingerprint density at radius 3 is 2.32 bits per heavy atom. The predicted molar refractivity (Wildman–Crippen MR) is 120 cm³/mol. The van der Waals surface area contributed by atoms with E-state index in [1.807, 2.05) is 45.2 Å². The monoisotopic (exact) mass is 417 g/mol. The van der Waals surface area contributed by atoms with Gasteiger partial charge in [0.05, 0.1) is 17.6 Å². The molecule has 0 aliphatic rings. The van der Waals surface area contributed by atoms with Crippen LogP contribution in [0.3, 0.4) is 0 Å². The van der Waals surface area contributed by atoms with E-state index in [-0.39, 0.29) is 17.5 Å². The molecule has 0 saturated carbocycles. The van der Waals surface area contributed by atoms with Crippen LogP contribution in [0.1, 0.15) is 41.2 Å². The van der Waals surface area contributed by atoms with Gasteiger partial charge < -0.3 is 5.32 Å². The number of amidine groups is 1. The first-order valence-corrected chi connectivity index (χ1v) is 10.1. The molecule has 0 unspecified atom stereocenters. The van der Waals surface area contributed by atoms with E-state index in [2.05, 4.69) is 15.3 Å². The minimum Gasteiger partial charge on any atom is -0.316 e. The van der Waals surface area contributed by atoms with Crippen LogP contribution in [0, 0.1) is 17.7 Å². The number of carbonyl (C=O) groups excluding carboxylic acids is 1. The molecule has 0 atom stereocenters. The molecule has 3 aromatic rings. The van der Waals surface area contributed by atoms with Crippen LogP contribution in [0.2, 0.25) is 0 Å². The lowest BCUT2D eigenvalue weighted by molar-refractivity contribution is -0.382. The van der Waals surface area contributed by atoms with Gasteiger partial charge in [-0.2, -0.15) is 5.41 Å². The highest BCUT2D eigenvalue weighted by atomic mass is 16.3. The Labute approximate surface area is 181 Å². The van der Waals surface area contributed by atoms with E-state index >= 15 is 0 Å². The highest BCUT2D eigenvalue weighted by Gasteiger charge is 2.33. The molecule has 31 heavy (non-hydrogen) atoms. The molecule has 0 radical (unpaired) electrons. The van der Waals surface area contributed by atoms with Crippen LogP contribution in [-0.2, 0) is 6.54 Å². The number of hydrogen-bond acceptors (Lipinski definition) is 5. The van der Waals surface area contributed by atoms with Crippen molar-refractivity contribution in [2.75, 3.05) is 7.05 Å². The maximum Gasteiger partial charge on any atom is 0.515 e. The van der Waals surface area contributed by atoms with Crippen molar-refractivity contribution in [1.82, 2.24) is 15.3 Å². The molecule has 0 aliphatic heterocycles. The van der Waals surface area contributed by atoms with E-state index in [0.717, 1.165) is 11.1 Å². The summed E-state index contributed by atoms with van der Waals surface area (Å²) in [5.41, 5.74) is 4.38. The van der Waals surface area contributed by atoms with Crippen LogP contribution in [0.15, 0.2) is 54.7 Å². The van der Waals surface area contributed by atoms with Gasteiger partial charge in [-0.3, -0.25) is 9.78 Å².